The predicted molar refractivity (Wildman–Crippen MR) is 66.0 cm³/mol. The van der Waals surface area contributed by atoms with Gasteiger partial charge in [0, 0.05) is 24.4 Å². The maximum atomic E-state index is 11.9. The molecule has 0 bridgehead atoms. The minimum absolute atomic E-state index is 0.257. The van der Waals surface area contributed by atoms with Crippen molar-refractivity contribution in [2.75, 3.05) is 6.54 Å². The Kier molecular flexibility index (Phi) is 3.72. The van der Waals surface area contributed by atoms with E-state index in [0.717, 1.165) is 18.9 Å². The maximum Gasteiger partial charge on any atom is 0.328 e. The molecule has 0 spiro atoms. The average molecular weight is 246 g/mol. The highest BCUT2D eigenvalue weighted by Gasteiger charge is 2.22. The van der Waals surface area contributed by atoms with Gasteiger partial charge in [-0.1, -0.05) is 6.07 Å². The molecule has 2 N–H and O–H groups in total. The number of aromatic nitrogens is 1. The van der Waals surface area contributed by atoms with E-state index in [9.17, 15) is 9.59 Å². The summed E-state index contributed by atoms with van der Waals surface area (Å²) in [6.45, 7) is 0.664. The van der Waals surface area contributed by atoms with Crippen molar-refractivity contribution in [3.63, 3.8) is 0 Å². The highest BCUT2D eigenvalue weighted by Crippen LogP contribution is 2.27. The van der Waals surface area contributed by atoms with Crippen molar-refractivity contribution in [2.45, 2.75) is 12.8 Å². The SMILES string of the molecule is O=C(O)/C=C/c1cccnc1C(=O)NCC1CC1. The molecular formula is C13H14N2O3. The number of hydrogen-bond acceptors (Lipinski definition) is 3. The van der Waals surface area contributed by atoms with Crippen molar-refractivity contribution in [2.24, 2.45) is 5.92 Å². The lowest BCUT2D eigenvalue weighted by molar-refractivity contribution is -0.131. The number of carbonyl (C=O) groups excluding carboxylic acids is 1. The zero-order chi connectivity index (χ0) is 13.0. The Balaban J connectivity index is 2.09. The van der Waals surface area contributed by atoms with Crippen LogP contribution in [0.25, 0.3) is 6.08 Å². The monoisotopic (exact) mass is 246 g/mol. The van der Waals surface area contributed by atoms with Gasteiger partial charge >= 0.3 is 5.97 Å². The topological polar surface area (TPSA) is 79.3 Å². The zero-order valence-corrected chi connectivity index (χ0v) is 9.80. The number of amides is 1. The smallest absolute Gasteiger partial charge is 0.328 e. The molecule has 1 aliphatic carbocycles. The Morgan fingerprint density at radius 3 is 2.94 bits per heavy atom. The third-order valence-corrected chi connectivity index (χ3v) is 2.71. The molecule has 0 radical (unpaired) electrons. The highest BCUT2D eigenvalue weighted by atomic mass is 16.4. The standard InChI is InChI=1S/C13H14N2O3/c16-11(17)6-5-10-2-1-7-14-12(10)13(18)15-8-9-3-4-9/h1-2,5-7,9H,3-4,8H2,(H,15,18)(H,16,17)/b6-5+. The molecular weight excluding hydrogens is 232 g/mol. The van der Waals surface area contributed by atoms with Crippen LogP contribution in [0, 0.1) is 5.92 Å². The second-order valence-electron chi connectivity index (χ2n) is 4.27. The minimum atomic E-state index is -1.05. The van der Waals surface area contributed by atoms with Gasteiger partial charge in [0.1, 0.15) is 5.69 Å². The van der Waals surface area contributed by atoms with Crippen molar-refractivity contribution < 1.29 is 14.7 Å². The van der Waals surface area contributed by atoms with Crippen LogP contribution in [0.15, 0.2) is 24.4 Å². The summed E-state index contributed by atoms with van der Waals surface area (Å²) < 4.78 is 0. The molecule has 1 fully saturated rings. The van der Waals surface area contributed by atoms with Crippen molar-refractivity contribution in [1.29, 1.82) is 0 Å². The number of aliphatic carboxylic acids is 1. The van der Waals surface area contributed by atoms with Crippen molar-refractivity contribution in [1.82, 2.24) is 10.3 Å². The molecule has 94 valence electrons. The van der Waals surface area contributed by atoms with Gasteiger partial charge in [-0.2, -0.15) is 0 Å². The molecule has 5 heteroatoms. The Labute approximate surface area is 105 Å². The zero-order valence-electron chi connectivity index (χ0n) is 9.80. The summed E-state index contributed by atoms with van der Waals surface area (Å²) in [5, 5.41) is 11.4. The van der Waals surface area contributed by atoms with E-state index in [4.69, 9.17) is 5.11 Å². The quantitative estimate of drug-likeness (QED) is 0.768. The number of nitrogens with zero attached hydrogens (tertiary/aromatic N) is 1. The normalized spacial score (nSPS) is 14.7. The predicted octanol–water partition coefficient (Wildman–Crippen LogP) is 1.32. The van der Waals surface area contributed by atoms with Crippen molar-refractivity contribution >= 4 is 18.0 Å². The Morgan fingerprint density at radius 2 is 2.28 bits per heavy atom. The Bertz CT molecular complexity index is 493. The third-order valence-electron chi connectivity index (χ3n) is 2.71. The molecule has 18 heavy (non-hydrogen) atoms. The molecule has 5 nitrogen and oxygen atoms in total. The first-order chi connectivity index (χ1) is 8.66. The van der Waals surface area contributed by atoms with Gasteiger partial charge in [-0.25, -0.2) is 4.79 Å². The lowest BCUT2D eigenvalue weighted by Crippen LogP contribution is -2.27. The molecule has 0 aliphatic heterocycles. The van der Waals surface area contributed by atoms with E-state index in [1.807, 2.05) is 0 Å². The molecule has 0 atom stereocenters. The second-order valence-corrected chi connectivity index (χ2v) is 4.27. The van der Waals surface area contributed by atoms with E-state index >= 15 is 0 Å². The largest absolute Gasteiger partial charge is 0.478 e. The Morgan fingerprint density at radius 1 is 1.50 bits per heavy atom. The molecule has 1 aromatic heterocycles. The number of nitrogens with one attached hydrogen (secondary N) is 1. The van der Waals surface area contributed by atoms with E-state index in [-0.39, 0.29) is 11.6 Å². The van der Waals surface area contributed by atoms with Crippen LogP contribution in [0.1, 0.15) is 28.9 Å². The van der Waals surface area contributed by atoms with Crippen LogP contribution in [-0.2, 0) is 4.79 Å². The highest BCUT2D eigenvalue weighted by molar-refractivity contribution is 5.97. The minimum Gasteiger partial charge on any atom is -0.478 e. The second kappa shape index (κ2) is 5.44. The fourth-order valence-electron chi connectivity index (χ4n) is 1.55. The summed E-state index contributed by atoms with van der Waals surface area (Å²) >= 11 is 0. The van der Waals surface area contributed by atoms with E-state index in [0.29, 0.717) is 18.0 Å². The fourth-order valence-corrected chi connectivity index (χ4v) is 1.55. The Hall–Kier alpha value is -2.17. The molecule has 2 rings (SSSR count). The number of carbonyl (C=O) groups is 2. The van der Waals surface area contributed by atoms with Crippen LogP contribution in [0.3, 0.4) is 0 Å². The molecule has 1 heterocycles. The summed E-state index contributed by atoms with van der Waals surface area (Å²) in [7, 11) is 0. The molecule has 1 aliphatic rings. The fraction of sp³-hybridized carbons (Fsp3) is 0.308. The number of pyridine rings is 1. The van der Waals surface area contributed by atoms with Crippen LogP contribution in [-0.4, -0.2) is 28.5 Å². The van der Waals surface area contributed by atoms with Crippen LogP contribution in [0.5, 0.6) is 0 Å². The molecule has 0 saturated heterocycles. The van der Waals surface area contributed by atoms with Crippen LogP contribution in [0.2, 0.25) is 0 Å². The first-order valence-electron chi connectivity index (χ1n) is 5.81. The maximum absolute atomic E-state index is 11.9. The summed E-state index contributed by atoms with van der Waals surface area (Å²) in [4.78, 5) is 26.4. The van der Waals surface area contributed by atoms with E-state index < -0.39 is 5.97 Å². The molecule has 1 saturated carbocycles. The van der Waals surface area contributed by atoms with Gasteiger partial charge in [-0.15, -0.1) is 0 Å². The van der Waals surface area contributed by atoms with Crippen LogP contribution in [0.4, 0.5) is 0 Å². The van der Waals surface area contributed by atoms with Crippen LogP contribution >= 0.6 is 0 Å². The summed E-state index contributed by atoms with van der Waals surface area (Å²) in [5.74, 6) is -0.716. The first-order valence-corrected chi connectivity index (χ1v) is 5.81. The molecule has 1 amide bonds. The summed E-state index contributed by atoms with van der Waals surface area (Å²) in [6.07, 6.45) is 6.21. The third kappa shape index (κ3) is 3.41. The van der Waals surface area contributed by atoms with Gasteiger partial charge in [0.05, 0.1) is 0 Å². The van der Waals surface area contributed by atoms with Crippen molar-refractivity contribution in [3.05, 3.63) is 35.7 Å². The van der Waals surface area contributed by atoms with Crippen molar-refractivity contribution in [3.8, 4) is 0 Å². The molecule has 1 aromatic rings. The summed E-state index contributed by atoms with van der Waals surface area (Å²) in [6, 6.07) is 3.33. The lowest BCUT2D eigenvalue weighted by atomic mass is 10.1. The summed E-state index contributed by atoms with van der Waals surface area (Å²) in [5.41, 5.74) is 0.767. The van der Waals surface area contributed by atoms with Gasteiger partial charge in [-0.3, -0.25) is 9.78 Å². The molecule has 0 aromatic carbocycles. The van der Waals surface area contributed by atoms with Crippen LogP contribution < -0.4 is 5.32 Å². The van der Waals surface area contributed by atoms with E-state index in [1.54, 1.807) is 12.1 Å². The number of hydrogen-bond donors (Lipinski definition) is 2. The van der Waals surface area contributed by atoms with Gasteiger partial charge in [0.15, 0.2) is 0 Å². The van der Waals surface area contributed by atoms with Gasteiger partial charge in [0.2, 0.25) is 0 Å². The lowest BCUT2D eigenvalue weighted by Gasteiger charge is -2.05. The van der Waals surface area contributed by atoms with E-state index in [1.165, 1.54) is 12.3 Å². The number of rotatable bonds is 5. The number of carboxylic acids is 1. The van der Waals surface area contributed by atoms with E-state index in [2.05, 4.69) is 10.3 Å². The average Bonchev–Trinajstić information content (AvgIpc) is 3.18. The van der Waals surface area contributed by atoms with Gasteiger partial charge in [-0.05, 0) is 30.9 Å². The number of carboxylic acid groups (broad SMARTS) is 1. The first kappa shape index (κ1) is 12.3. The van der Waals surface area contributed by atoms with Gasteiger partial charge in [0.25, 0.3) is 5.91 Å². The van der Waals surface area contributed by atoms with Gasteiger partial charge < -0.3 is 10.4 Å². The molecule has 0 unspecified atom stereocenters.